The number of benzene rings is 1. The molecule has 1 N–H and O–H groups in total. The third kappa shape index (κ3) is 3.45. The van der Waals surface area contributed by atoms with Crippen LogP contribution >= 0.6 is 27.5 Å². The van der Waals surface area contributed by atoms with Gasteiger partial charge in [-0.2, -0.15) is 0 Å². The summed E-state index contributed by atoms with van der Waals surface area (Å²) in [6, 6.07) is 8.90. The highest BCUT2D eigenvalue weighted by atomic mass is 79.9. The molecule has 0 spiro atoms. The fourth-order valence-corrected chi connectivity index (χ4v) is 2.01. The Morgan fingerprint density at radius 3 is 2.84 bits per heavy atom. The predicted molar refractivity (Wildman–Crippen MR) is 74.7 cm³/mol. The van der Waals surface area contributed by atoms with Gasteiger partial charge in [0.15, 0.2) is 0 Å². The number of carboxylic acids is 1. The second kappa shape index (κ2) is 6.04. The Labute approximate surface area is 123 Å². The van der Waals surface area contributed by atoms with Gasteiger partial charge in [0.1, 0.15) is 6.61 Å². The summed E-state index contributed by atoms with van der Waals surface area (Å²) in [5, 5.41) is 9.03. The van der Waals surface area contributed by atoms with Gasteiger partial charge in [-0.05, 0) is 6.07 Å². The molecular weight excluding hydrogens is 334 g/mol. The molecule has 1 heterocycles. The van der Waals surface area contributed by atoms with Crippen LogP contribution in [0, 0.1) is 0 Å². The molecule has 0 radical (unpaired) electrons. The number of ether oxygens (including phenoxy) is 1. The molecule has 0 saturated carbocycles. The van der Waals surface area contributed by atoms with Crippen LogP contribution in [0.15, 0.2) is 41.0 Å². The van der Waals surface area contributed by atoms with Crippen molar-refractivity contribution in [3.8, 4) is 5.88 Å². The first-order valence-electron chi connectivity index (χ1n) is 5.33. The van der Waals surface area contributed by atoms with Gasteiger partial charge >= 0.3 is 5.97 Å². The maximum Gasteiger partial charge on any atom is 0.337 e. The van der Waals surface area contributed by atoms with Gasteiger partial charge in [-0.25, -0.2) is 9.78 Å². The number of nitrogens with zero attached hydrogens (tertiary/aromatic N) is 1. The third-order valence-corrected chi connectivity index (χ3v) is 3.47. The Hall–Kier alpha value is -1.59. The van der Waals surface area contributed by atoms with E-state index in [0.29, 0.717) is 0 Å². The molecule has 6 heteroatoms. The van der Waals surface area contributed by atoms with Gasteiger partial charge in [0.25, 0.3) is 0 Å². The zero-order chi connectivity index (χ0) is 13.8. The summed E-state index contributed by atoms with van der Waals surface area (Å²) in [6.07, 6.45) is 1.26. The van der Waals surface area contributed by atoms with Crippen LogP contribution in [0.5, 0.6) is 5.88 Å². The second-order valence-corrected chi connectivity index (χ2v) is 4.95. The van der Waals surface area contributed by atoms with Crippen molar-refractivity contribution >= 4 is 33.5 Å². The number of pyridine rings is 1. The molecule has 0 atom stereocenters. The highest BCUT2D eigenvalue weighted by Gasteiger charge is 2.11. The van der Waals surface area contributed by atoms with E-state index in [4.69, 9.17) is 21.4 Å². The summed E-state index contributed by atoms with van der Waals surface area (Å²) < 4.78 is 6.37. The topological polar surface area (TPSA) is 59.4 Å². The van der Waals surface area contributed by atoms with Crippen LogP contribution in [0.1, 0.15) is 15.9 Å². The SMILES string of the molecule is O=C(O)c1cc(OCc2ccccc2Br)ncc1Cl. The van der Waals surface area contributed by atoms with Crippen LogP contribution < -0.4 is 4.74 Å². The summed E-state index contributed by atoms with van der Waals surface area (Å²) in [6.45, 7) is 0.287. The highest BCUT2D eigenvalue weighted by Crippen LogP contribution is 2.21. The van der Waals surface area contributed by atoms with Gasteiger partial charge < -0.3 is 9.84 Å². The minimum Gasteiger partial charge on any atom is -0.478 e. The highest BCUT2D eigenvalue weighted by molar-refractivity contribution is 9.10. The van der Waals surface area contributed by atoms with Crippen molar-refractivity contribution in [2.75, 3.05) is 0 Å². The fraction of sp³-hybridized carbons (Fsp3) is 0.0769. The van der Waals surface area contributed by atoms with Crippen LogP contribution in [-0.4, -0.2) is 16.1 Å². The number of rotatable bonds is 4. The quantitative estimate of drug-likeness (QED) is 0.918. The minimum absolute atomic E-state index is 0.0289. The fourth-order valence-electron chi connectivity index (χ4n) is 1.43. The van der Waals surface area contributed by atoms with Gasteiger partial charge in [0.05, 0.1) is 16.8 Å². The van der Waals surface area contributed by atoms with Crippen LogP contribution in [0.3, 0.4) is 0 Å². The van der Waals surface area contributed by atoms with Gasteiger partial charge in [-0.1, -0.05) is 45.7 Å². The molecule has 0 saturated heterocycles. The third-order valence-electron chi connectivity index (χ3n) is 2.39. The number of carboxylic acid groups (broad SMARTS) is 1. The summed E-state index contributed by atoms with van der Waals surface area (Å²) in [5.41, 5.74) is 0.912. The largest absolute Gasteiger partial charge is 0.478 e. The van der Waals surface area contributed by atoms with Gasteiger partial charge in [0.2, 0.25) is 5.88 Å². The first-order valence-corrected chi connectivity index (χ1v) is 6.50. The zero-order valence-electron chi connectivity index (χ0n) is 9.64. The molecule has 0 aliphatic heterocycles. The molecule has 98 valence electrons. The molecule has 2 rings (SSSR count). The Balaban J connectivity index is 2.14. The Kier molecular flexibility index (Phi) is 4.39. The van der Waals surface area contributed by atoms with E-state index in [1.54, 1.807) is 0 Å². The molecule has 19 heavy (non-hydrogen) atoms. The molecule has 0 aliphatic carbocycles. The van der Waals surface area contributed by atoms with E-state index in [1.807, 2.05) is 24.3 Å². The number of halogens is 2. The maximum absolute atomic E-state index is 10.9. The lowest BCUT2D eigenvalue weighted by molar-refractivity contribution is 0.0696. The van der Waals surface area contributed by atoms with Gasteiger partial charge in [-0.3, -0.25) is 0 Å². The average molecular weight is 343 g/mol. The monoisotopic (exact) mass is 341 g/mol. The van der Waals surface area contributed by atoms with Crippen molar-refractivity contribution in [1.82, 2.24) is 4.98 Å². The standard InChI is InChI=1S/C13H9BrClNO3/c14-10-4-2-1-3-8(10)7-19-12-5-9(13(17)18)11(15)6-16-12/h1-6H,7H2,(H,17,18). The van der Waals surface area contributed by atoms with E-state index >= 15 is 0 Å². The first kappa shape index (κ1) is 13.8. The molecule has 0 fully saturated rings. The normalized spacial score (nSPS) is 10.2. The molecule has 0 aliphatic rings. The van der Waals surface area contributed by atoms with Gasteiger partial charge in [-0.15, -0.1) is 0 Å². The van der Waals surface area contributed by atoms with Crippen LogP contribution in [0.25, 0.3) is 0 Å². The molecule has 1 aromatic carbocycles. The smallest absolute Gasteiger partial charge is 0.337 e. The molecular formula is C13H9BrClNO3. The van der Waals surface area contributed by atoms with E-state index in [9.17, 15) is 4.79 Å². The summed E-state index contributed by atoms with van der Waals surface area (Å²) in [5.74, 6) is -0.893. The number of aromatic carboxylic acids is 1. The van der Waals surface area contributed by atoms with Crippen molar-refractivity contribution in [3.05, 3.63) is 57.2 Å². The summed E-state index contributed by atoms with van der Waals surface area (Å²) in [4.78, 5) is 14.9. The Morgan fingerprint density at radius 1 is 1.42 bits per heavy atom. The molecule has 4 nitrogen and oxygen atoms in total. The Bertz CT molecular complexity index is 619. The number of carbonyl (C=O) groups is 1. The lowest BCUT2D eigenvalue weighted by atomic mass is 10.2. The van der Waals surface area contributed by atoms with Crippen LogP contribution in [-0.2, 0) is 6.61 Å². The summed E-state index contributed by atoms with van der Waals surface area (Å²) >= 11 is 9.13. The van der Waals surface area contributed by atoms with Crippen LogP contribution in [0.2, 0.25) is 5.02 Å². The molecule has 1 aromatic heterocycles. The molecule has 0 unspecified atom stereocenters. The lowest BCUT2D eigenvalue weighted by Gasteiger charge is -2.08. The van der Waals surface area contributed by atoms with Gasteiger partial charge in [0, 0.05) is 16.1 Å². The summed E-state index contributed by atoms with van der Waals surface area (Å²) in [7, 11) is 0. The number of hydrogen-bond acceptors (Lipinski definition) is 3. The van der Waals surface area contributed by atoms with Crippen molar-refractivity contribution in [2.45, 2.75) is 6.61 Å². The first-order chi connectivity index (χ1) is 9.08. The van der Waals surface area contributed by atoms with Crippen molar-refractivity contribution in [1.29, 1.82) is 0 Å². The molecule has 0 amide bonds. The maximum atomic E-state index is 10.9. The van der Waals surface area contributed by atoms with E-state index in [1.165, 1.54) is 12.3 Å². The van der Waals surface area contributed by atoms with Crippen LogP contribution in [0.4, 0.5) is 0 Å². The van der Waals surface area contributed by atoms with E-state index in [0.717, 1.165) is 10.0 Å². The van der Waals surface area contributed by atoms with E-state index in [-0.39, 0.29) is 23.1 Å². The van der Waals surface area contributed by atoms with E-state index < -0.39 is 5.97 Å². The number of hydrogen-bond donors (Lipinski definition) is 1. The molecule has 2 aromatic rings. The second-order valence-electron chi connectivity index (χ2n) is 3.69. The van der Waals surface area contributed by atoms with Crippen molar-refractivity contribution in [2.24, 2.45) is 0 Å². The van der Waals surface area contributed by atoms with E-state index in [2.05, 4.69) is 20.9 Å². The average Bonchev–Trinajstić information content (AvgIpc) is 2.39. The lowest BCUT2D eigenvalue weighted by Crippen LogP contribution is -2.02. The molecule has 0 bridgehead atoms. The van der Waals surface area contributed by atoms with Crippen molar-refractivity contribution in [3.63, 3.8) is 0 Å². The number of aromatic nitrogens is 1. The minimum atomic E-state index is -1.11. The Morgan fingerprint density at radius 2 is 2.16 bits per heavy atom. The predicted octanol–water partition coefficient (Wildman–Crippen LogP) is 3.77. The van der Waals surface area contributed by atoms with Crippen molar-refractivity contribution < 1.29 is 14.6 Å². The zero-order valence-corrected chi connectivity index (χ0v) is 12.0.